The molecule has 0 aliphatic heterocycles. The summed E-state index contributed by atoms with van der Waals surface area (Å²) in [6, 6.07) is 8.19. The van der Waals surface area contributed by atoms with E-state index in [2.05, 4.69) is 16.0 Å². The van der Waals surface area contributed by atoms with Crippen LogP contribution >= 0.6 is 0 Å². The Kier molecular flexibility index (Phi) is 2.14. The van der Waals surface area contributed by atoms with E-state index in [1.54, 1.807) is 0 Å². The van der Waals surface area contributed by atoms with Crippen LogP contribution in [0.1, 0.15) is 36.6 Å². The van der Waals surface area contributed by atoms with Crippen molar-refractivity contribution in [2.24, 2.45) is 0 Å². The maximum Gasteiger partial charge on any atom is 0.110 e. The third-order valence-corrected chi connectivity index (χ3v) is 3.34. The molecule has 0 atom stereocenters. The summed E-state index contributed by atoms with van der Waals surface area (Å²) in [5.74, 6) is 1.75. The number of H-pyrrole nitrogens is 1. The number of hydrogen-bond acceptors (Lipinski definition) is 2. The molecule has 16 heavy (non-hydrogen) atoms. The minimum Gasteiger partial charge on any atom is -0.342 e. The van der Waals surface area contributed by atoms with Crippen LogP contribution in [0.25, 0.3) is 11.0 Å². The lowest BCUT2D eigenvalue weighted by Crippen LogP contribution is -2.10. The van der Waals surface area contributed by atoms with Gasteiger partial charge in [0, 0.05) is 5.92 Å². The van der Waals surface area contributed by atoms with Crippen LogP contribution in [0.5, 0.6) is 0 Å². The van der Waals surface area contributed by atoms with E-state index < -0.39 is 0 Å². The van der Waals surface area contributed by atoms with Gasteiger partial charge < -0.3 is 4.98 Å². The number of imidazole rings is 1. The van der Waals surface area contributed by atoms with Crippen molar-refractivity contribution in [1.29, 1.82) is 5.26 Å². The summed E-state index contributed by atoms with van der Waals surface area (Å²) in [5.41, 5.74) is 3.14. The van der Waals surface area contributed by atoms with Crippen LogP contribution < -0.4 is 0 Å². The summed E-state index contributed by atoms with van der Waals surface area (Å²) in [4.78, 5) is 7.97. The van der Waals surface area contributed by atoms with Gasteiger partial charge in [0.05, 0.1) is 23.5 Å². The molecular weight excluding hydrogens is 198 g/mol. The number of nitrogens with one attached hydrogen (secondary N) is 1. The molecule has 1 aliphatic rings. The van der Waals surface area contributed by atoms with Gasteiger partial charge in [0.1, 0.15) is 5.82 Å². The predicted octanol–water partition coefficient (Wildman–Crippen LogP) is 2.90. The Hall–Kier alpha value is -1.82. The van der Waals surface area contributed by atoms with Gasteiger partial charge in [0.25, 0.3) is 0 Å². The number of hydrogen-bond donors (Lipinski definition) is 1. The maximum absolute atomic E-state index is 8.66. The molecule has 80 valence electrons. The molecule has 3 rings (SSSR count). The SMILES string of the molecule is N#CCc1ccc2nc(C3CCC3)[nH]c2c1. The van der Waals surface area contributed by atoms with Crippen molar-refractivity contribution in [3.05, 3.63) is 29.6 Å². The highest BCUT2D eigenvalue weighted by atomic mass is 14.9. The van der Waals surface area contributed by atoms with Gasteiger partial charge in [0.2, 0.25) is 0 Å². The molecule has 2 aromatic rings. The van der Waals surface area contributed by atoms with E-state index in [0.29, 0.717) is 12.3 Å². The highest BCUT2D eigenvalue weighted by Gasteiger charge is 2.22. The summed E-state index contributed by atoms with van der Waals surface area (Å²) >= 11 is 0. The van der Waals surface area contributed by atoms with Crippen LogP contribution in [0.2, 0.25) is 0 Å². The zero-order chi connectivity index (χ0) is 11.0. The zero-order valence-corrected chi connectivity index (χ0v) is 9.03. The van der Waals surface area contributed by atoms with Crippen LogP contribution in [0.4, 0.5) is 0 Å². The fourth-order valence-corrected chi connectivity index (χ4v) is 2.15. The lowest BCUT2D eigenvalue weighted by molar-refractivity contribution is 0.405. The zero-order valence-electron chi connectivity index (χ0n) is 9.03. The molecule has 3 heteroatoms. The quantitative estimate of drug-likeness (QED) is 0.830. The van der Waals surface area contributed by atoms with Gasteiger partial charge in [-0.2, -0.15) is 5.26 Å². The molecule has 1 aliphatic carbocycles. The number of fused-ring (bicyclic) bond motifs is 1. The molecule has 0 saturated heterocycles. The minimum atomic E-state index is 0.466. The number of benzene rings is 1. The van der Waals surface area contributed by atoms with Crippen molar-refractivity contribution < 1.29 is 0 Å². The first-order valence-corrected chi connectivity index (χ1v) is 5.72. The average molecular weight is 211 g/mol. The monoisotopic (exact) mass is 211 g/mol. The summed E-state index contributed by atoms with van der Waals surface area (Å²) in [6.07, 6.45) is 4.30. The summed E-state index contributed by atoms with van der Waals surface area (Å²) in [7, 11) is 0. The molecule has 0 unspecified atom stereocenters. The van der Waals surface area contributed by atoms with Crippen LogP contribution in [0, 0.1) is 11.3 Å². The smallest absolute Gasteiger partial charge is 0.110 e. The minimum absolute atomic E-state index is 0.466. The number of aromatic amines is 1. The van der Waals surface area contributed by atoms with E-state index in [-0.39, 0.29) is 0 Å². The first kappa shape index (κ1) is 9.41. The Morgan fingerprint density at radius 1 is 1.44 bits per heavy atom. The lowest BCUT2D eigenvalue weighted by Gasteiger charge is -2.22. The third kappa shape index (κ3) is 1.47. The molecule has 1 aromatic carbocycles. The van der Waals surface area contributed by atoms with Gasteiger partial charge in [-0.25, -0.2) is 4.98 Å². The third-order valence-electron chi connectivity index (χ3n) is 3.34. The van der Waals surface area contributed by atoms with Gasteiger partial charge in [0.15, 0.2) is 0 Å². The van der Waals surface area contributed by atoms with Gasteiger partial charge >= 0.3 is 0 Å². The first-order chi connectivity index (χ1) is 7.86. The molecule has 1 N–H and O–H groups in total. The van der Waals surface area contributed by atoms with Gasteiger partial charge in [-0.05, 0) is 30.5 Å². The Morgan fingerprint density at radius 2 is 2.31 bits per heavy atom. The largest absolute Gasteiger partial charge is 0.342 e. The van der Waals surface area contributed by atoms with E-state index in [4.69, 9.17) is 5.26 Å². The summed E-state index contributed by atoms with van der Waals surface area (Å²) < 4.78 is 0. The van der Waals surface area contributed by atoms with E-state index >= 15 is 0 Å². The van der Waals surface area contributed by atoms with Crippen molar-refractivity contribution in [2.75, 3.05) is 0 Å². The van der Waals surface area contributed by atoms with E-state index in [1.807, 2.05) is 18.2 Å². The fourth-order valence-electron chi connectivity index (χ4n) is 2.15. The lowest BCUT2D eigenvalue weighted by atomic mass is 9.85. The maximum atomic E-state index is 8.66. The van der Waals surface area contributed by atoms with Crippen molar-refractivity contribution in [2.45, 2.75) is 31.6 Å². The van der Waals surface area contributed by atoms with Crippen molar-refractivity contribution in [3.8, 4) is 6.07 Å². The van der Waals surface area contributed by atoms with Crippen LogP contribution in [0.3, 0.4) is 0 Å². The normalized spacial score (nSPS) is 15.9. The van der Waals surface area contributed by atoms with E-state index in [9.17, 15) is 0 Å². The fraction of sp³-hybridized carbons (Fsp3) is 0.385. The highest BCUT2D eigenvalue weighted by molar-refractivity contribution is 5.76. The first-order valence-electron chi connectivity index (χ1n) is 5.72. The van der Waals surface area contributed by atoms with Crippen molar-refractivity contribution in [1.82, 2.24) is 9.97 Å². The van der Waals surface area contributed by atoms with Crippen molar-refractivity contribution in [3.63, 3.8) is 0 Å². The molecule has 1 saturated carbocycles. The Labute approximate surface area is 94.1 Å². The van der Waals surface area contributed by atoms with Crippen LogP contribution in [-0.2, 0) is 6.42 Å². The number of nitriles is 1. The molecule has 1 fully saturated rings. The Balaban J connectivity index is 2.00. The summed E-state index contributed by atoms with van der Waals surface area (Å²) in [5, 5.41) is 8.66. The predicted molar refractivity (Wildman–Crippen MR) is 62.0 cm³/mol. The van der Waals surface area contributed by atoms with Crippen LogP contribution in [0.15, 0.2) is 18.2 Å². The van der Waals surface area contributed by atoms with Gasteiger partial charge in [-0.3, -0.25) is 0 Å². The molecule has 1 heterocycles. The van der Waals surface area contributed by atoms with Crippen LogP contribution in [-0.4, -0.2) is 9.97 Å². The summed E-state index contributed by atoms with van der Waals surface area (Å²) in [6.45, 7) is 0. The number of nitrogens with zero attached hydrogens (tertiary/aromatic N) is 2. The van der Waals surface area contributed by atoms with E-state index in [0.717, 1.165) is 22.4 Å². The van der Waals surface area contributed by atoms with Gasteiger partial charge in [-0.15, -0.1) is 0 Å². The van der Waals surface area contributed by atoms with Crippen molar-refractivity contribution >= 4 is 11.0 Å². The average Bonchev–Trinajstić information content (AvgIpc) is 2.57. The van der Waals surface area contributed by atoms with E-state index in [1.165, 1.54) is 19.3 Å². The Bertz CT molecular complexity index is 558. The molecule has 1 aromatic heterocycles. The Morgan fingerprint density at radius 3 is 3.00 bits per heavy atom. The standard InChI is InChI=1S/C13H13N3/c14-7-6-9-4-5-11-12(8-9)16-13(15-11)10-2-1-3-10/h4-5,8,10H,1-3,6H2,(H,15,16). The molecule has 3 nitrogen and oxygen atoms in total. The molecular formula is C13H13N3. The number of aromatic nitrogens is 2. The molecule has 0 amide bonds. The molecule has 0 spiro atoms. The highest BCUT2D eigenvalue weighted by Crippen LogP contribution is 2.35. The molecule has 0 radical (unpaired) electrons. The second kappa shape index (κ2) is 3.64. The molecule has 0 bridgehead atoms. The number of rotatable bonds is 2. The topological polar surface area (TPSA) is 52.5 Å². The second-order valence-corrected chi connectivity index (χ2v) is 4.44. The second-order valence-electron chi connectivity index (χ2n) is 4.44. The van der Waals surface area contributed by atoms with Gasteiger partial charge in [-0.1, -0.05) is 12.5 Å².